The van der Waals surface area contributed by atoms with E-state index < -0.39 is 31.5 Å². The molecule has 0 saturated heterocycles. The second kappa shape index (κ2) is 15.8. The Morgan fingerprint density at radius 1 is 0.966 bits per heavy atom. The molecule has 0 radical (unpaired) electrons. The molecule has 59 heavy (non-hydrogen) atoms. The first-order valence-corrected chi connectivity index (χ1v) is 21.5. The molecule has 8 rings (SSSR count). The summed E-state index contributed by atoms with van der Waals surface area (Å²) in [5.41, 5.74) is 4.59. The van der Waals surface area contributed by atoms with E-state index >= 15 is 0 Å². The molecule has 0 aliphatic carbocycles. The number of para-hydroxylation sites is 1. The maximum absolute atomic E-state index is 14.8. The number of hydrogen-bond donors (Lipinski definition) is 0. The van der Waals surface area contributed by atoms with Crippen molar-refractivity contribution in [2.75, 3.05) is 13.7 Å². The van der Waals surface area contributed by atoms with E-state index in [1.807, 2.05) is 60.9 Å². The van der Waals surface area contributed by atoms with Crippen molar-refractivity contribution in [3.05, 3.63) is 128 Å². The summed E-state index contributed by atoms with van der Waals surface area (Å²) in [4.78, 5) is 25.6. The Labute approximate surface area is 349 Å². The van der Waals surface area contributed by atoms with Gasteiger partial charge in [-0.1, -0.05) is 48.0 Å². The van der Waals surface area contributed by atoms with E-state index in [2.05, 4.69) is 6.07 Å². The molecule has 0 amide bonds. The summed E-state index contributed by atoms with van der Waals surface area (Å²) >= 11 is 8.72. The van der Waals surface area contributed by atoms with Crippen LogP contribution >= 0.6 is 23.4 Å². The number of nitro benzene ring substituents is 1. The number of halogens is 1. The number of ether oxygens (including phenoxy) is 2. The molecule has 0 fully saturated rings. The van der Waals surface area contributed by atoms with E-state index in [-0.39, 0.29) is 13.1 Å². The smallest absolute Gasteiger partial charge is 0.354 e. The van der Waals surface area contributed by atoms with Crippen LogP contribution in [0.3, 0.4) is 0 Å². The second-order valence-corrected chi connectivity index (χ2v) is 17.7. The van der Waals surface area contributed by atoms with Crippen LogP contribution < -0.4 is 4.74 Å². The van der Waals surface area contributed by atoms with Crippen molar-refractivity contribution in [2.24, 2.45) is 14.1 Å². The summed E-state index contributed by atoms with van der Waals surface area (Å²) in [5, 5.41) is 24.8. The maximum Gasteiger partial charge on any atom is 0.354 e. The van der Waals surface area contributed by atoms with Gasteiger partial charge in [0.2, 0.25) is 0 Å². The van der Waals surface area contributed by atoms with Gasteiger partial charge in [-0.3, -0.25) is 19.5 Å². The number of carbonyl (C=O) groups is 1. The molecule has 8 bridgehead atoms. The van der Waals surface area contributed by atoms with Gasteiger partial charge in [-0.2, -0.15) is 14.5 Å². The van der Waals surface area contributed by atoms with Crippen molar-refractivity contribution in [2.45, 2.75) is 55.4 Å². The molecule has 0 saturated carbocycles. The molecule has 4 aromatic carbocycles. The van der Waals surface area contributed by atoms with Crippen LogP contribution in [0.2, 0.25) is 5.02 Å². The fourth-order valence-electron chi connectivity index (χ4n) is 7.90. The average Bonchev–Trinajstić information content (AvgIpc) is 3.82. The molecule has 7 aromatic rings. The number of benzene rings is 4. The zero-order valence-corrected chi connectivity index (χ0v) is 35.3. The summed E-state index contributed by atoms with van der Waals surface area (Å²) in [6, 6.07) is 22.9. The number of thioether (sulfide) groups is 1. The fourth-order valence-corrected chi connectivity index (χ4v) is 10.7. The summed E-state index contributed by atoms with van der Waals surface area (Å²) in [6.07, 6.45) is 0.546. The number of fused-ring (bicyclic) bond motifs is 8. The Morgan fingerprint density at radius 3 is 2.51 bits per heavy atom. The standard InChI is InChI=1S/C42H40ClN7O7S2/c1-25-38-35-16-15-32(43)40(38)39-26(2)46(3)45-33(39)23-48(59(54,55)37-14-9-8-13-34(37)50(52)53)22-28-20-29(47(4)44-28)24-58-30-19-27-11-6-7-12-31(27)36(21-30)57-18-10-17-49(35)41(25)42(51)56-5/h6-9,11-16,19-21H,10,17-18,22-24H2,1-5H3. The van der Waals surface area contributed by atoms with Crippen molar-refractivity contribution in [1.82, 2.24) is 28.4 Å². The first-order chi connectivity index (χ1) is 28.3. The Morgan fingerprint density at radius 2 is 1.73 bits per heavy atom. The molecular weight excluding hydrogens is 814 g/mol. The molecule has 0 unspecified atom stereocenters. The van der Waals surface area contributed by atoms with Crippen LogP contribution in [0.5, 0.6) is 5.75 Å². The third-order valence-corrected chi connectivity index (χ3v) is 14.0. The normalized spacial score (nSPS) is 14.2. The topological polar surface area (TPSA) is 157 Å². The van der Waals surface area contributed by atoms with Crippen LogP contribution in [0.4, 0.5) is 5.69 Å². The van der Waals surface area contributed by atoms with Gasteiger partial charge < -0.3 is 14.0 Å². The van der Waals surface area contributed by atoms with Crippen molar-refractivity contribution in [1.29, 1.82) is 0 Å². The van der Waals surface area contributed by atoms with Gasteiger partial charge in [0.25, 0.3) is 15.7 Å². The van der Waals surface area contributed by atoms with E-state index in [0.29, 0.717) is 75.2 Å². The first kappa shape index (κ1) is 40.1. The monoisotopic (exact) mass is 853 g/mol. The number of methoxy groups -OCH3 is 1. The van der Waals surface area contributed by atoms with Crippen molar-refractivity contribution < 1.29 is 27.6 Å². The van der Waals surface area contributed by atoms with Crippen LogP contribution in [0.25, 0.3) is 32.8 Å². The largest absolute Gasteiger partial charge is 0.493 e. The Hall–Kier alpha value is -5.68. The van der Waals surface area contributed by atoms with Crippen molar-refractivity contribution >= 4 is 66.7 Å². The minimum absolute atomic E-state index is 0.226. The lowest BCUT2D eigenvalue weighted by molar-refractivity contribution is -0.387. The molecule has 0 spiro atoms. The lowest BCUT2D eigenvalue weighted by Crippen LogP contribution is -2.31. The predicted molar refractivity (Wildman–Crippen MR) is 226 cm³/mol. The van der Waals surface area contributed by atoms with E-state index in [4.69, 9.17) is 31.3 Å². The molecule has 304 valence electrons. The van der Waals surface area contributed by atoms with Crippen molar-refractivity contribution in [3.8, 4) is 16.9 Å². The summed E-state index contributed by atoms with van der Waals surface area (Å²) in [5.74, 6) is 0.718. The number of esters is 1. The van der Waals surface area contributed by atoms with E-state index in [1.165, 1.54) is 35.7 Å². The number of carbonyl (C=O) groups excluding carboxylic acids is 1. The third-order valence-electron chi connectivity index (χ3n) is 10.8. The number of sulfonamides is 1. The third kappa shape index (κ3) is 7.23. The van der Waals surface area contributed by atoms with Crippen molar-refractivity contribution in [3.63, 3.8) is 0 Å². The highest BCUT2D eigenvalue weighted by Crippen LogP contribution is 2.43. The maximum atomic E-state index is 14.8. The van der Waals surface area contributed by atoms with E-state index in [9.17, 15) is 23.3 Å². The van der Waals surface area contributed by atoms with E-state index in [1.54, 1.807) is 41.3 Å². The Kier molecular flexibility index (Phi) is 10.8. The summed E-state index contributed by atoms with van der Waals surface area (Å²) < 4.78 is 47.8. The van der Waals surface area contributed by atoms with Gasteiger partial charge in [-0.05, 0) is 67.6 Å². The van der Waals surface area contributed by atoms with Crippen LogP contribution in [-0.4, -0.2) is 61.5 Å². The van der Waals surface area contributed by atoms with Crippen LogP contribution in [0.1, 0.15) is 45.2 Å². The number of rotatable bonds is 4. The van der Waals surface area contributed by atoms with Gasteiger partial charge in [0.05, 0.1) is 43.1 Å². The summed E-state index contributed by atoms with van der Waals surface area (Å²) in [6.45, 7) is 3.94. The molecule has 0 N–H and O–H groups in total. The lowest BCUT2D eigenvalue weighted by Gasteiger charge is -2.21. The minimum atomic E-state index is -4.56. The zero-order valence-electron chi connectivity index (χ0n) is 32.9. The van der Waals surface area contributed by atoms with Gasteiger partial charge in [0.15, 0.2) is 4.90 Å². The number of nitro groups is 1. The first-order valence-electron chi connectivity index (χ1n) is 18.7. The van der Waals surface area contributed by atoms with E-state index in [0.717, 1.165) is 32.6 Å². The summed E-state index contributed by atoms with van der Waals surface area (Å²) in [7, 11) is 0.326. The molecule has 1 aliphatic heterocycles. The molecule has 14 nitrogen and oxygen atoms in total. The highest BCUT2D eigenvalue weighted by atomic mass is 35.5. The zero-order chi connectivity index (χ0) is 41.7. The second-order valence-electron chi connectivity index (χ2n) is 14.3. The number of aromatic nitrogens is 5. The Bertz CT molecular complexity index is 2940. The SMILES string of the molecule is COC(=O)c1c(C)c2c3c(Cl)ccc2n1CCCOc1cc(cc2ccccc12)SCc1cc(nn1C)CN(S(=O)(=O)c1ccccc1[N+](=O)[O-])Cc1nn(C)c(C)c1-3. The molecule has 4 heterocycles. The molecular formula is C42H40ClN7O7S2. The molecule has 1 aliphatic rings. The van der Waals surface area contributed by atoms with Gasteiger partial charge in [0.1, 0.15) is 11.4 Å². The number of nitrogens with zero attached hydrogens (tertiary/aromatic N) is 7. The number of aryl methyl sites for hydroxylation is 4. The van der Waals surface area contributed by atoms with Crippen LogP contribution in [-0.2, 0) is 54.2 Å². The molecule has 3 aromatic heterocycles. The lowest BCUT2D eigenvalue weighted by atomic mass is 9.96. The quantitative estimate of drug-likeness (QED) is 0.0958. The van der Waals surface area contributed by atoms with Gasteiger partial charge in [-0.25, -0.2) is 13.2 Å². The molecule has 17 heteroatoms. The highest BCUT2D eigenvalue weighted by Gasteiger charge is 2.35. The van der Waals surface area contributed by atoms with Gasteiger partial charge in [0, 0.05) is 81.2 Å². The van der Waals surface area contributed by atoms with Gasteiger partial charge in [-0.15, -0.1) is 11.8 Å². The fraction of sp³-hybridized carbons (Fsp3) is 0.262. The van der Waals surface area contributed by atoms with Gasteiger partial charge >= 0.3 is 5.97 Å². The number of hydrogen-bond acceptors (Lipinski definition) is 10. The average molecular weight is 854 g/mol. The predicted octanol–water partition coefficient (Wildman–Crippen LogP) is 8.36. The Balaban J connectivity index is 1.35. The van der Waals surface area contributed by atoms with Crippen LogP contribution in [0.15, 0.2) is 88.7 Å². The molecule has 0 atom stereocenters. The van der Waals surface area contributed by atoms with Crippen LogP contribution in [0, 0.1) is 24.0 Å². The minimum Gasteiger partial charge on any atom is -0.493 e. The highest BCUT2D eigenvalue weighted by molar-refractivity contribution is 7.98.